The summed E-state index contributed by atoms with van der Waals surface area (Å²) in [6.07, 6.45) is 2.70. The topological polar surface area (TPSA) is 6.48 Å². The number of aryl methyl sites for hydroxylation is 1. The van der Waals surface area contributed by atoms with Crippen LogP contribution in [-0.2, 0) is 5.33 Å². The molecule has 1 fully saturated rings. The smallest absolute Gasteiger partial charge is 0.0367 e. The Kier molecular flexibility index (Phi) is 5.28. The number of rotatable bonds is 5. The van der Waals surface area contributed by atoms with Gasteiger partial charge < -0.3 is 4.90 Å². The average Bonchev–Trinajstić information content (AvgIpc) is 2.85. The molecule has 0 saturated carbocycles. The van der Waals surface area contributed by atoms with E-state index >= 15 is 0 Å². The molecule has 1 aliphatic rings. The van der Waals surface area contributed by atoms with Crippen LogP contribution in [0.25, 0.3) is 0 Å². The summed E-state index contributed by atoms with van der Waals surface area (Å²) >= 11 is 3.54. The highest BCUT2D eigenvalue weighted by Gasteiger charge is 2.24. The third-order valence-corrected chi connectivity index (χ3v) is 4.90. The minimum absolute atomic E-state index is 0.728. The van der Waals surface area contributed by atoms with E-state index in [0.29, 0.717) is 0 Å². The van der Waals surface area contributed by atoms with Gasteiger partial charge in [0.2, 0.25) is 0 Å². The Bertz CT molecular complexity index is 419. The minimum Gasteiger partial charge on any atom is -0.373 e. The summed E-state index contributed by atoms with van der Waals surface area (Å²) in [6.45, 7) is 8.06. The summed E-state index contributed by atoms with van der Waals surface area (Å²) in [5.74, 6) is 0. The molecule has 19 heavy (non-hydrogen) atoms. The minimum atomic E-state index is 0.728. The van der Waals surface area contributed by atoms with Gasteiger partial charge in [-0.25, -0.2) is 0 Å². The third kappa shape index (κ3) is 3.51. The van der Waals surface area contributed by atoms with Gasteiger partial charge in [-0.2, -0.15) is 0 Å². The second kappa shape index (κ2) is 6.76. The first kappa shape index (κ1) is 14.9. The molecule has 1 aromatic rings. The molecule has 1 heterocycles. The normalized spacial score (nSPS) is 19.9. The molecule has 0 amide bonds. The molecule has 0 bridgehead atoms. The fourth-order valence-electron chi connectivity index (χ4n) is 3.01. The van der Waals surface area contributed by atoms with Crippen LogP contribution in [0.15, 0.2) is 18.2 Å². The predicted octanol–water partition coefficient (Wildman–Crippen LogP) is 3.81. The van der Waals surface area contributed by atoms with E-state index in [9.17, 15) is 0 Å². The van der Waals surface area contributed by atoms with Crippen molar-refractivity contribution in [2.24, 2.45) is 0 Å². The van der Waals surface area contributed by atoms with Crippen LogP contribution in [0.4, 0.5) is 5.69 Å². The summed E-state index contributed by atoms with van der Waals surface area (Å²) < 4.78 is 0. The Morgan fingerprint density at radius 1 is 1.42 bits per heavy atom. The van der Waals surface area contributed by atoms with Gasteiger partial charge in [0.25, 0.3) is 0 Å². The van der Waals surface area contributed by atoms with E-state index in [0.717, 1.165) is 17.9 Å². The SMILES string of the molecule is CCN1CCCC1CN(C)c1ccc(CBr)c(C)c1. The average molecular weight is 325 g/mol. The van der Waals surface area contributed by atoms with Crippen LogP contribution in [0.5, 0.6) is 0 Å². The molecular formula is C16H25BrN2. The first-order valence-electron chi connectivity index (χ1n) is 7.26. The highest BCUT2D eigenvalue weighted by atomic mass is 79.9. The van der Waals surface area contributed by atoms with E-state index in [4.69, 9.17) is 0 Å². The highest BCUT2D eigenvalue weighted by molar-refractivity contribution is 9.08. The van der Waals surface area contributed by atoms with Crippen LogP contribution in [0, 0.1) is 6.92 Å². The number of anilines is 1. The molecule has 0 N–H and O–H groups in total. The maximum absolute atomic E-state index is 3.54. The van der Waals surface area contributed by atoms with Crippen molar-refractivity contribution in [1.82, 2.24) is 4.90 Å². The number of hydrogen-bond donors (Lipinski definition) is 0. The van der Waals surface area contributed by atoms with Gasteiger partial charge >= 0.3 is 0 Å². The Morgan fingerprint density at radius 3 is 2.84 bits per heavy atom. The Hall–Kier alpha value is -0.540. The van der Waals surface area contributed by atoms with Gasteiger partial charge in [-0.05, 0) is 56.1 Å². The van der Waals surface area contributed by atoms with E-state index in [2.05, 4.69) is 64.8 Å². The molecular weight excluding hydrogens is 300 g/mol. The monoisotopic (exact) mass is 324 g/mol. The van der Waals surface area contributed by atoms with Crippen molar-refractivity contribution in [1.29, 1.82) is 0 Å². The Labute approximate surface area is 125 Å². The second-order valence-electron chi connectivity index (χ2n) is 5.55. The number of benzene rings is 1. The lowest BCUT2D eigenvalue weighted by Crippen LogP contribution is -2.38. The predicted molar refractivity (Wildman–Crippen MR) is 87.3 cm³/mol. The van der Waals surface area contributed by atoms with Crippen LogP contribution in [0.2, 0.25) is 0 Å². The van der Waals surface area contributed by atoms with Crippen molar-refractivity contribution < 1.29 is 0 Å². The zero-order valence-corrected chi connectivity index (χ0v) is 13.9. The van der Waals surface area contributed by atoms with Crippen LogP contribution in [-0.4, -0.2) is 37.6 Å². The van der Waals surface area contributed by atoms with Gasteiger partial charge in [-0.3, -0.25) is 4.90 Å². The fourth-order valence-corrected chi connectivity index (χ4v) is 3.64. The summed E-state index contributed by atoms with van der Waals surface area (Å²) in [5.41, 5.74) is 4.10. The lowest BCUT2D eigenvalue weighted by Gasteiger charge is -2.29. The van der Waals surface area contributed by atoms with Crippen LogP contribution < -0.4 is 4.90 Å². The van der Waals surface area contributed by atoms with Gasteiger partial charge in [0.15, 0.2) is 0 Å². The van der Waals surface area contributed by atoms with E-state index in [1.54, 1.807) is 0 Å². The Balaban J connectivity index is 2.03. The summed E-state index contributed by atoms with van der Waals surface area (Å²) in [6, 6.07) is 7.52. The van der Waals surface area contributed by atoms with Crippen molar-refractivity contribution in [2.75, 3.05) is 31.6 Å². The van der Waals surface area contributed by atoms with Crippen molar-refractivity contribution in [3.05, 3.63) is 29.3 Å². The number of alkyl halides is 1. The molecule has 2 nitrogen and oxygen atoms in total. The van der Waals surface area contributed by atoms with Gasteiger partial charge in [-0.15, -0.1) is 0 Å². The van der Waals surface area contributed by atoms with Crippen molar-refractivity contribution in [3.63, 3.8) is 0 Å². The number of hydrogen-bond acceptors (Lipinski definition) is 2. The number of likely N-dealkylation sites (N-methyl/N-ethyl adjacent to an activating group) is 2. The maximum Gasteiger partial charge on any atom is 0.0367 e. The maximum atomic E-state index is 3.54. The van der Waals surface area contributed by atoms with E-state index in [1.165, 1.54) is 42.7 Å². The van der Waals surface area contributed by atoms with Crippen molar-refractivity contribution in [3.8, 4) is 0 Å². The largest absolute Gasteiger partial charge is 0.373 e. The van der Waals surface area contributed by atoms with Crippen molar-refractivity contribution >= 4 is 21.6 Å². The quantitative estimate of drug-likeness (QED) is 0.760. The first-order chi connectivity index (χ1) is 9.15. The standard InChI is InChI=1S/C16H25BrN2/c1-4-19-9-5-6-16(19)12-18(3)15-8-7-14(11-17)13(2)10-15/h7-8,10,16H,4-6,9,11-12H2,1-3H3. The first-order valence-corrected chi connectivity index (χ1v) is 8.38. The van der Waals surface area contributed by atoms with Gasteiger partial charge in [-0.1, -0.05) is 28.9 Å². The molecule has 0 aliphatic carbocycles. The second-order valence-corrected chi connectivity index (χ2v) is 6.11. The zero-order valence-electron chi connectivity index (χ0n) is 12.3. The molecule has 1 aliphatic heterocycles. The van der Waals surface area contributed by atoms with Crippen molar-refractivity contribution in [2.45, 2.75) is 38.1 Å². The number of likely N-dealkylation sites (tertiary alicyclic amines) is 1. The number of halogens is 1. The van der Waals surface area contributed by atoms with E-state index in [-0.39, 0.29) is 0 Å². The van der Waals surface area contributed by atoms with Gasteiger partial charge in [0.05, 0.1) is 0 Å². The highest BCUT2D eigenvalue weighted by Crippen LogP contribution is 2.23. The van der Waals surface area contributed by atoms with Crippen LogP contribution in [0.1, 0.15) is 30.9 Å². The van der Waals surface area contributed by atoms with Gasteiger partial charge in [0, 0.05) is 30.7 Å². The lowest BCUT2D eigenvalue weighted by atomic mass is 10.1. The van der Waals surface area contributed by atoms with Crippen LogP contribution in [0.3, 0.4) is 0 Å². The molecule has 106 valence electrons. The summed E-state index contributed by atoms with van der Waals surface area (Å²) in [5, 5.41) is 0.940. The molecule has 0 aromatic heterocycles. The fraction of sp³-hybridized carbons (Fsp3) is 0.625. The van der Waals surface area contributed by atoms with Crippen LogP contribution >= 0.6 is 15.9 Å². The van der Waals surface area contributed by atoms with E-state index in [1.807, 2.05) is 0 Å². The summed E-state index contributed by atoms with van der Waals surface area (Å²) in [7, 11) is 2.22. The molecule has 1 atom stereocenters. The zero-order chi connectivity index (χ0) is 13.8. The molecule has 0 radical (unpaired) electrons. The molecule has 1 unspecified atom stereocenters. The lowest BCUT2D eigenvalue weighted by molar-refractivity contribution is 0.270. The molecule has 1 aromatic carbocycles. The van der Waals surface area contributed by atoms with E-state index < -0.39 is 0 Å². The summed E-state index contributed by atoms with van der Waals surface area (Å²) in [4.78, 5) is 5.01. The Morgan fingerprint density at radius 2 is 2.21 bits per heavy atom. The number of nitrogens with zero attached hydrogens (tertiary/aromatic N) is 2. The molecule has 1 saturated heterocycles. The molecule has 3 heteroatoms. The van der Waals surface area contributed by atoms with Gasteiger partial charge in [0.1, 0.15) is 0 Å². The third-order valence-electron chi connectivity index (χ3n) is 4.30. The molecule has 2 rings (SSSR count). The molecule has 0 spiro atoms.